The minimum Gasteiger partial charge on any atom is -0.240 e. The van der Waals surface area contributed by atoms with Gasteiger partial charge in [-0.25, -0.2) is 9.97 Å². The van der Waals surface area contributed by atoms with E-state index in [-0.39, 0.29) is 5.41 Å². The molecule has 1 unspecified atom stereocenters. The SMILES string of the molecule is Cc1ccc(C(C)(C)C)cc1C(C#N)c1ncccn1. The second-order valence-corrected chi connectivity index (χ2v) is 5.99. The summed E-state index contributed by atoms with van der Waals surface area (Å²) in [6.45, 7) is 8.53. The monoisotopic (exact) mass is 265 g/mol. The minimum atomic E-state index is -0.418. The lowest BCUT2D eigenvalue weighted by molar-refractivity contribution is 0.588. The topological polar surface area (TPSA) is 49.6 Å². The van der Waals surface area contributed by atoms with Gasteiger partial charge in [-0.3, -0.25) is 0 Å². The van der Waals surface area contributed by atoms with Gasteiger partial charge < -0.3 is 0 Å². The molecule has 1 heterocycles. The Morgan fingerprint density at radius 3 is 2.35 bits per heavy atom. The molecule has 0 aliphatic rings. The maximum atomic E-state index is 9.52. The first-order valence-corrected chi connectivity index (χ1v) is 6.71. The molecule has 0 amide bonds. The summed E-state index contributed by atoms with van der Waals surface area (Å²) >= 11 is 0. The largest absolute Gasteiger partial charge is 0.240 e. The summed E-state index contributed by atoms with van der Waals surface area (Å²) in [7, 11) is 0. The van der Waals surface area contributed by atoms with Crippen LogP contribution in [0.4, 0.5) is 0 Å². The maximum absolute atomic E-state index is 9.52. The van der Waals surface area contributed by atoms with Crippen LogP contribution in [-0.4, -0.2) is 9.97 Å². The Bertz CT molecular complexity index is 634. The number of rotatable bonds is 2. The number of hydrogen-bond donors (Lipinski definition) is 0. The van der Waals surface area contributed by atoms with Gasteiger partial charge in [-0.05, 0) is 35.1 Å². The zero-order valence-electron chi connectivity index (χ0n) is 12.4. The highest BCUT2D eigenvalue weighted by atomic mass is 14.9. The first kappa shape index (κ1) is 14.2. The third-order valence-corrected chi connectivity index (χ3v) is 3.43. The fraction of sp³-hybridized carbons (Fsp3) is 0.353. The third kappa shape index (κ3) is 2.85. The second kappa shape index (κ2) is 5.42. The van der Waals surface area contributed by atoms with E-state index in [2.05, 4.69) is 55.0 Å². The first-order chi connectivity index (χ1) is 9.43. The Kier molecular flexibility index (Phi) is 3.85. The van der Waals surface area contributed by atoms with Crippen LogP contribution in [0.1, 0.15) is 49.2 Å². The van der Waals surface area contributed by atoms with Gasteiger partial charge >= 0.3 is 0 Å². The van der Waals surface area contributed by atoms with Crippen molar-refractivity contribution in [2.45, 2.75) is 39.0 Å². The van der Waals surface area contributed by atoms with Gasteiger partial charge in [0.1, 0.15) is 11.7 Å². The maximum Gasteiger partial charge on any atom is 0.149 e. The molecule has 0 fully saturated rings. The van der Waals surface area contributed by atoms with Crippen LogP contribution in [0, 0.1) is 18.3 Å². The van der Waals surface area contributed by atoms with Crippen LogP contribution in [0.3, 0.4) is 0 Å². The van der Waals surface area contributed by atoms with Crippen LogP contribution >= 0.6 is 0 Å². The van der Waals surface area contributed by atoms with E-state index in [1.807, 2.05) is 6.92 Å². The van der Waals surface area contributed by atoms with Gasteiger partial charge in [-0.1, -0.05) is 39.0 Å². The summed E-state index contributed by atoms with van der Waals surface area (Å²) in [6.07, 6.45) is 3.35. The quantitative estimate of drug-likeness (QED) is 0.831. The molecule has 2 aromatic rings. The van der Waals surface area contributed by atoms with E-state index in [0.29, 0.717) is 5.82 Å². The molecule has 102 valence electrons. The predicted octanol–water partition coefficient (Wildman–Crippen LogP) is 3.74. The van der Waals surface area contributed by atoms with Gasteiger partial charge in [0.25, 0.3) is 0 Å². The Hall–Kier alpha value is -2.21. The number of hydrogen-bond acceptors (Lipinski definition) is 3. The second-order valence-electron chi connectivity index (χ2n) is 5.99. The summed E-state index contributed by atoms with van der Waals surface area (Å²) in [5.74, 6) is 0.141. The molecule has 1 aromatic carbocycles. The molecule has 3 nitrogen and oxygen atoms in total. The summed E-state index contributed by atoms with van der Waals surface area (Å²) in [5.41, 5.74) is 3.36. The van der Waals surface area contributed by atoms with Crippen LogP contribution in [0.5, 0.6) is 0 Å². The predicted molar refractivity (Wildman–Crippen MR) is 79.4 cm³/mol. The molecule has 3 heteroatoms. The third-order valence-electron chi connectivity index (χ3n) is 3.43. The fourth-order valence-electron chi connectivity index (χ4n) is 2.14. The number of benzene rings is 1. The zero-order chi connectivity index (χ0) is 14.8. The lowest BCUT2D eigenvalue weighted by atomic mass is 9.83. The van der Waals surface area contributed by atoms with E-state index < -0.39 is 5.92 Å². The van der Waals surface area contributed by atoms with Crippen molar-refractivity contribution in [3.05, 3.63) is 59.2 Å². The molecule has 20 heavy (non-hydrogen) atoms. The van der Waals surface area contributed by atoms with Crippen molar-refractivity contribution >= 4 is 0 Å². The summed E-state index contributed by atoms with van der Waals surface area (Å²) in [4.78, 5) is 8.45. The van der Waals surface area contributed by atoms with Crippen molar-refractivity contribution in [3.8, 4) is 6.07 Å². The van der Waals surface area contributed by atoms with Gasteiger partial charge in [0.15, 0.2) is 0 Å². The van der Waals surface area contributed by atoms with Crippen LogP contribution in [0.15, 0.2) is 36.7 Å². The Labute approximate surface area is 120 Å². The van der Waals surface area contributed by atoms with E-state index >= 15 is 0 Å². The lowest BCUT2D eigenvalue weighted by Gasteiger charge is -2.22. The van der Waals surface area contributed by atoms with Crippen molar-refractivity contribution in [2.24, 2.45) is 0 Å². The summed E-state index contributed by atoms with van der Waals surface area (Å²) < 4.78 is 0. The molecule has 0 radical (unpaired) electrons. The molecule has 0 spiro atoms. The highest BCUT2D eigenvalue weighted by Crippen LogP contribution is 2.30. The molecule has 1 atom stereocenters. The minimum absolute atomic E-state index is 0.0556. The van der Waals surface area contributed by atoms with Gasteiger partial charge in [-0.2, -0.15) is 5.26 Å². The highest BCUT2D eigenvalue weighted by Gasteiger charge is 2.21. The normalized spacial score (nSPS) is 12.8. The van der Waals surface area contributed by atoms with Crippen molar-refractivity contribution in [2.75, 3.05) is 0 Å². The van der Waals surface area contributed by atoms with E-state index in [1.165, 1.54) is 5.56 Å². The number of aromatic nitrogens is 2. The standard InChI is InChI=1S/C17H19N3/c1-12-6-7-13(17(2,3)4)10-14(12)15(11-18)16-19-8-5-9-20-16/h5-10,15H,1-4H3. The van der Waals surface area contributed by atoms with Gasteiger partial charge in [0.2, 0.25) is 0 Å². The number of nitrogens with zero attached hydrogens (tertiary/aromatic N) is 3. The molecule has 1 aromatic heterocycles. The van der Waals surface area contributed by atoms with Gasteiger partial charge in [-0.15, -0.1) is 0 Å². The lowest BCUT2D eigenvalue weighted by Crippen LogP contribution is -2.13. The molecule has 0 saturated carbocycles. The average molecular weight is 265 g/mol. The molecule has 0 aliphatic heterocycles. The van der Waals surface area contributed by atoms with E-state index in [1.54, 1.807) is 18.5 Å². The number of nitriles is 1. The average Bonchev–Trinajstić information content (AvgIpc) is 2.41. The smallest absolute Gasteiger partial charge is 0.149 e. The van der Waals surface area contributed by atoms with Gasteiger partial charge in [0.05, 0.1) is 6.07 Å². The molecule has 0 N–H and O–H groups in total. The van der Waals surface area contributed by atoms with Crippen molar-refractivity contribution in [1.82, 2.24) is 9.97 Å². The molecular weight excluding hydrogens is 246 g/mol. The van der Waals surface area contributed by atoms with E-state index in [0.717, 1.165) is 11.1 Å². The van der Waals surface area contributed by atoms with Crippen LogP contribution in [-0.2, 0) is 5.41 Å². The van der Waals surface area contributed by atoms with E-state index in [9.17, 15) is 5.26 Å². The van der Waals surface area contributed by atoms with Crippen molar-refractivity contribution in [3.63, 3.8) is 0 Å². The molecule has 2 rings (SSSR count). The summed E-state index contributed by atoms with van der Waals surface area (Å²) in [6, 6.07) is 10.4. The number of aryl methyl sites for hydroxylation is 1. The van der Waals surface area contributed by atoms with Crippen LogP contribution in [0.2, 0.25) is 0 Å². The Morgan fingerprint density at radius 1 is 1.15 bits per heavy atom. The van der Waals surface area contributed by atoms with E-state index in [4.69, 9.17) is 0 Å². The van der Waals surface area contributed by atoms with Crippen LogP contribution < -0.4 is 0 Å². The first-order valence-electron chi connectivity index (χ1n) is 6.71. The molecular formula is C17H19N3. The highest BCUT2D eigenvalue weighted by molar-refractivity contribution is 5.42. The molecule has 0 saturated heterocycles. The Balaban J connectivity index is 2.53. The van der Waals surface area contributed by atoms with Crippen molar-refractivity contribution < 1.29 is 0 Å². The van der Waals surface area contributed by atoms with Crippen molar-refractivity contribution in [1.29, 1.82) is 5.26 Å². The van der Waals surface area contributed by atoms with Gasteiger partial charge in [0, 0.05) is 12.4 Å². The summed E-state index contributed by atoms with van der Waals surface area (Å²) in [5, 5.41) is 9.52. The Morgan fingerprint density at radius 2 is 1.80 bits per heavy atom. The molecule has 0 bridgehead atoms. The van der Waals surface area contributed by atoms with Crippen LogP contribution in [0.25, 0.3) is 0 Å². The fourth-order valence-corrected chi connectivity index (χ4v) is 2.14. The zero-order valence-corrected chi connectivity index (χ0v) is 12.4. The molecule has 0 aliphatic carbocycles.